The summed E-state index contributed by atoms with van der Waals surface area (Å²) in [6.45, 7) is 3.64. The van der Waals surface area contributed by atoms with Crippen molar-refractivity contribution >= 4 is 21.6 Å². The van der Waals surface area contributed by atoms with Crippen molar-refractivity contribution in [2.45, 2.75) is 20.1 Å². The first-order valence-corrected chi connectivity index (χ1v) is 9.56. The lowest BCUT2D eigenvalue weighted by molar-refractivity contribution is 0.303. The Hall–Kier alpha value is -2.53. The van der Waals surface area contributed by atoms with Crippen LogP contribution in [-0.2, 0) is 13.2 Å². The summed E-state index contributed by atoms with van der Waals surface area (Å²) in [4.78, 5) is 0. The number of hydrogen-bond acceptors (Lipinski definition) is 3. The summed E-state index contributed by atoms with van der Waals surface area (Å²) >= 11 is 3.54. The molecule has 3 aromatic carbocycles. The molecule has 0 saturated carbocycles. The van der Waals surface area contributed by atoms with Crippen LogP contribution in [0.1, 0.15) is 18.1 Å². The van der Waals surface area contributed by atoms with E-state index in [9.17, 15) is 4.39 Å². The maximum atomic E-state index is 13.2. The van der Waals surface area contributed by atoms with Crippen LogP contribution in [0.5, 0.6) is 11.5 Å². The molecule has 0 radical (unpaired) electrons. The molecule has 0 heterocycles. The monoisotopic (exact) mass is 429 g/mol. The summed E-state index contributed by atoms with van der Waals surface area (Å²) in [5.74, 6) is 1.33. The summed E-state index contributed by atoms with van der Waals surface area (Å²) in [5, 5.41) is 3.38. The third-order valence-corrected chi connectivity index (χ3v) is 4.56. The van der Waals surface area contributed by atoms with Gasteiger partial charge in [-0.05, 0) is 82.5 Å². The van der Waals surface area contributed by atoms with Gasteiger partial charge < -0.3 is 14.8 Å². The van der Waals surface area contributed by atoms with Crippen LogP contribution in [0.25, 0.3) is 0 Å². The molecule has 0 atom stereocenters. The number of anilines is 1. The van der Waals surface area contributed by atoms with Crippen LogP contribution in [0, 0.1) is 5.82 Å². The molecule has 0 aromatic heterocycles. The lowest BCUT2D eigenvalue weighted by atomic mass is 10.2. The normalized spacial score (nSPS) is 10.5. The van der Waals surface area contributed by atoms with Crippen LogP contribution in [0.2, 0.25) is 0 Å². The Morgan fingerprint density at radius 2 is 1.74 bits per heavy atom. The molecule has 1 N–H and O–H groups in total. The zero-order valence-electron chi connectivity index (χ0n) is 15.0. The van der Waals surface area contributed by atoms with Gasteiger partial charge >= 0.3 is 0 Å². The van der Waals surface area contributed by atoms with Gasteiger partial charge in [-0.15, -0.1) is 0 Å². The van der Waals surface area contributed by atoms with E-state index in [0.29, 0.717) is 19.8 Å². The Kier molecular flexibility index (Phi) is 6.71. The van der Waals surface area contributed by atoms with Gasteiger partial charge in [-0.1, -0.05) is 18.2 Å². The zero-order chi connectivity index (χ0) is 19.1. The highest BCUT2D eigenvalue weighted by atomic mass is 79.9. The molecular formula is C22H21BrFNO2. The van der Waals surface area contributed by atoms with Gasteiger partial charge in [0, 0.05) is 12.2 Å². The van der Waals surface area contributed by atoms with Crippen LogP contribution < -0.4 is 14.8 Å². The van der Waals surface area contributed by atoms with Crippen LogP contribution in [0.4, 0.5) is 10.1 Å². The van der Waals surface area contributed by atoms with Gasteiger partial charge in [0.25, 0.3) is 0 Å². The molecule has 0 aliphatic rings. The van der Waals surface area contributed by atoms with E-state index in [0.717, 1.165) is 32.8 Å². The van der Waals surface area contributed by atoms with Crippen molar-refractivity contribution in [2.24, 2.45) is 0 Å². The summed E-state index contributed by atoms with van der Waals surface area (Å²) in [7, 11) is 0. The van der Waals surface area contributed by atoms with Crippen molar-refractivity contribution in [3.05, 3.63) is 88.1 Å². The van der Waals surface area contributed by atoms with E-state index in [2.05, 4.69) is 21.2 Å². The molecule has 3 rings (SSSR count). The molecule has 3 nitrogen and oxygen atoms in total. The minimum atomic E-state index is -0.258. The van der Waals surface area contributed by atoms with Crippen LogP contribution in [0.15, 0.2) is 71.2 Å². The Morgan fingerprint density at radius 1 is 0.926 bits per heavy atom. The summed E-state index contributed by atoms with van der Waals surface area (Å²) in [5.41, 5.74) is 2.94. The molecule has 0 aliphatic carbocycles. The smallest absolute Gasteiger partial charge is 0.134 e. The van der Waals surface area contributed by atoms with Gasteiger partial charge in [-0.2, -0.15) is 0 Å². The van der Waals surface area contributed by atoms with Gasteiger partial charge in [0.1, 0.15) is 23.9 Å². The van der Waals surface area contributed by atoms with Gasteiger partial charge in [-0.3, -0.25) is 0 Å². The molecule has 0 aliphatic heterocycles. The number of nitrogens with one attached hydrogen (secondary N) is 1. The highest BCUT2D eigenvalue weighted by Gasteiger charge is 2.05. The highest BCUT2D eigenvalue weighted by Crippen LogP contribution is 2.27. The standard InChI is InChI=1S/C22H21BrFNO2/c1-2-26-20-9-7-19(8-10-20)25-14-16-6-11-22(21(23)13-16)27-15-17-4-3-5-18(24)12-17/h3-13,25H,2,14-15H2,1H3. The van der Waals surface area contributed by atoms with Gasteiger partial charge in [0.15, 0.2) is 0 Å². The fraction of sp³-hybridized carbons (Fsp3) is 0.182. The molecule has 27 heavy (non-hydrogen) atoms. The molecule has 140 valence electrons. The Bertz CT molecular complexity index is 884. The van der Waals surface area contributed by atoms with Crippen molar-refractivity contribution in [1.29, 1.82) is 0 Å². The van der Waals surface area contributed by atoms with E-state index in [-0.39, 0.29) is 5.82 Å². The van der Waals surface area contributed by atoms with Crippen molar-refractivity contribution in [3.8, 4) is 11.5 Å². The number of halogens is 2. The minimum absolute atomic E-state index is 0.258. The van der Waals surface area contributed by atoms with Crippen molar-refractivity contribution < 1.29 is 13.9 Å². The fourth-order valence-electron chi connectivity index (χ4n) is 2.60. The molecule has 0 bridgehead atoms. The SMILES string of the molecule is CCOc1ccc(NCc2ccc(OCc3cccc(F)c3)c(Br)c2)cc1. The van der Waals surface area contributed by atoms with Gasteiger partial charge in [0.2, 0.25) is 0 Å². The van der Waals surface area contributed by atoms with E-state index in [1.54, 1.807) is 6.07 Å². The van der Waals surface area contributed by atoms with Crippen molar-refractivity contribution in [1.82, 2.24) is 0 Å². The molecular weight excluding hydrogens is 409 g/mol. The molecule has 0 unspecified atom stereocenters. The second-order valence-corrected chi connectivity index (χ2v) is 6.85. The molecule has 0 fully saturated rings. The predicted molar refractivity (Wildman–Crippen MR) is 110 cm³/mol. The number of hydrogen-bond donors (Lipinski definition) is 1. The number of rotatable bonds is 8. The second kappa shape index (κ2) is 9.42. The fourth-order valence-corrected chi connectivity index (χ4v) is 3.14. The van der Waals surface area contributed by atoms with E-state index in [1.165, 1.54) is 12.1 Å². The lowest BCUT2D eigenvalue weighted by Crippen LogP contribution is -2.01. The van der Waals surface area contributed by atoms with Crippen LogP contribution in [-0.4, -0.2) is 6.61 Å². The highest BCUT2D eigenvalue weighted by molar-refractivity contribution is 9.10. The molecule has 5 heteroatoms. The maximum absolute atomic E-state index is 13.2. The second-order valence-electron chi connectivity index (χ2n) is 5.99. The summed E-state index contributed by atoms with van der Waals surface area (Å²) < 4.78 is 25.3. The minimum Gasteiger partial charge on any atom is -0.494 e. The first-order valence-electron chi connectivity index (χ1n) is 8.76. The topological polar surface area (TPSA) is 30.5 Å². The summed E-state index contributed by atoms with van der Waals surface area (Å²) in [6, 6.07) is 20.2. The Labute approximate surface area is 167 Å². The van der Waals surface area contributed by atoms with Crippen LogP contribution >= 0.6 is 15.9 Å². The zero-order valence-corrected chi connectivity index (χ0v) is 16.6. The van der Waals surface area contributed by atoms with E-state index in [1.807, 2.05) is 55.5 Å². The Morgan fingerprint density at radius 3 is 2.44 bits per heavy atom. The lowest BCUT2D eigenvalue weighted by Gasteiger charge is -2.11. The van der Waals surface area contributed by atoms with E-state index < -0.39 is 0 Å². The van der Waals surface area contributed by atoms with Gasteiger partial charge in [0.05, 0.1) is 11.1 Å². The van der Waals surface area contributed by atoms with E-state index in [4.69, 9.17) is 9.47 Å². The van der Waals surface area contributed by atoms with Gasteiger partial charge in [-0.25, -0.2) is 4.39 Å². The first-order chi connectivity index (χ1) is 13.1. The molecule has 3 aromatic rings. The molecule has 0 amide bonds. The average molecular weight is 430 g/mol. The number of benzene rings is 3. The largest absolute Gasteiger partial charge is 0.494 e. The average Bonchev–Trinajstić information content (AvgIpc) is 2.67. The number of ether oxygens (including phenoxy) is 2. The van der Waals surface area contributed by atoms with E-state index >= 15 is 0 Å². The van der Waals surface area contributed by atoms with Crippen LogP contribution in [0.3, 0.4) is 0 Å². The van der Waals surface area contributed by atoms with Crippen molar-refractivity contribution in [2.75, 3.05) is 11.9 Å². The molecule has 0 saturated heterocycles. The summed E-state index contributed by atoms with van der Waals surface area (Å²) in [6.07, 6.45) is 0. The first kappa shape index (κ1) is 19.2. The predicted octanol–water partition coefficient (Wildman–Crippen LogP) is 6.18. The molecule has 0 spiro atoms. The third kappa shape index (κ3) is 5.73. The third-order valence-electron chi connectivity index (χ3n) is 3.94. The quantitative estimate of drug-likeness (QED) is 0.463. The Balaban J connectivity index is 1.56. The maximum Gasteiger partial charge on any atom is 0.134 e. The van der Waals surface area contributed by atoms with Crippen molar-refractivity contribution in [3.63, 3.8) is 0 Å².